The van der Waals surface area contributed by atoms with Gasteiger partial charge in [0.2, 0.25) is 5.91 Å². The van der Waals surface area contributed by atoms with Gasteiger partial charge in [-0.3, -0.25) is 4.79 Å². The number of halogens is 1. The van der Waals surface area contributed by atoms with Crippen LogP contribution >= 0.6 is 11.6 Å². The lowest BCUT2D eigenvalue weighted by Crippen LogP contribution is -2.20. The normalized spacial score (nSPS) is 10.7. The maximum atomic E-state index is 11.7. The number of phenols is 2. The molecular formula is C16H14ClNO3. The predicted octanol–water partition coefficient (Wildman–Crippen LogP) is 3.08. The van der Waals surface area contributed by atoms with Crippen LogP contribution in [-0.4, -0.2) is 16.1 Å². The lowest BCUT2D eigenvalue weighted by atomic mass is 10.2. The minimum Gasteiger partial charge on any atom is -0.504 e. The van der Waals surface area contributed by atoms with E-state index in [1.807, 2.05) is 12.1 Å². The fourth-order valence-electron chi connectivity index (χ4n) is 1.67. The number of hydrogen-bond donors (Lipinski definition) is 3. The zero-order valence-electron chi connectivity index (χ0n) is 11.1. The monoisotopic (exact) mass is 303 g/mol. The van der Waals surface area contributed by atoms with Gasteiger partial charge in [-0.25, -0.2) is 0 Å². The standard InChI is InChI=1S/C16H14ClNO3/c17-13-5-1-12(2-6-13)10-18-16(21)8-4-11-3-7-14(19)15(20)9-11/h1-9,19-20H,10H2,(H,18,21)/b8-4+. The van der Waals surface area contributed by atoms with Gasteiger partial charge in [-0.1, -0.05) is 29.8 Å². The number of carbonyl (C=O) groups is 1. The SMILES string of the molecule is O=C(/C=C/c1ccc(O)c(O)c1)NCc1ccc(Cl)cc1. The molecule has 2 aromatic rings. The lowest BCUT2D eigenvalue weighted by molar-refractivity contribution is -0.116. The molecule has 21 heavy (non-hydrogen) atoms. The highest BCUT2D eigenvalue weighted by atomic mass is 35.5. The quantitative estimate of drug-likeness (QED) is 0.600. The molecule has 5 heteroatoms. The average molecular weight is 304 g/mol. The highest BCUT2D eigenvalue weighted by Gasteiger charge is 2.00. The van der Waals surface area contributed by atoms with Gasteiger partial charge in [0.1, 0.15) is 0 Å². The summed E-state index contributed by atoms with van der Waals surface area (Å²) in [4.78, 5) is 11.7. The molecule has 0 saturated carbocycles. The van der Waals surface area contributed by atoms with Gasteiger partial charge in [0, 0.05) is 17.6 Å². The van der Waals surface area contributed by atoms with E-state index in [2.05, 4.69) is 5.32 Å². The average Bonchev–Trinajstić information content (AvgIpc) is 2.48. The highest BCUT2D eigenvalue weighted by Crippen LogP contribution is 2.25. The van der Waals surface area contributed by atoms with Crippen molar-refractivity contribution < 1.29 is 15.0 Å². The van der Waals surface area contributed by atoms with E-state index in [9.17, 15) is 15.0 Å². The van der Waals surface area contributed by atoms with E-state index >= 15 is 0 Å². The Hall–Kier alpha value is -2.46. The van der Waals surface area contributed by atoms with Crippen LogP contribution in [0, 0.1) is 0 Å². The van der Waals surface area contributed by atoms with Gasteiger partial charge >= 0.3 is 0 Å². The number of nitrogens with one attached hydrogen (secondary N) is 1. The summed E-state index contributed by atoms with van der Waals surface area (Å²) in [7, 11) is 0. The summed E-state index contributed by atoms with van der Waals surface area (Å²) in [6.45, 7) is 0.404. The second-order valence-corrected chi connectivity index (χ2v) is 4.86. The molecule has 4 nitrogen and oxygen atoms in total. The molecule has 0 aliphatic heterocycles. The van der Waals surface area contributed by atoms with E-state index < -0.39 is 0 Å². The molecule has 0 radical (unpaired) electrons. The zero-order chi connectivity index (χ0) is 15.2. The van der Waals surface area contributed by atoms with Crippen LogP contribution in [-0.2, 0) is 11.3 Å². The van der Waals surface area contributed by atoms with Crippen molar-refractivity contribution in [2.24, 2.45) is 0 Å². The molecule has 0 bridgehead atoms. The summed E-state index contributed by atoms with van der Waals surface area (Å²) in [5.41, 5.74) is 1.57. The van der Waals surface area contributed by atoms with Crippen molar-refractivity contribution in [1.82, 2.24) is 5.32 Å². The van der Waals surface area contributed by atoms with E-state index in [1.54, 1.807) is 24.3 Å². The fourth-order valence-corrected chi connectivity index (χ4v) is 1.79. The maximum Gasteiger partial charge on any atom is 0.244 e. The molecule has 2 rings (SSSR count). The van der Waals surface area contributed by atoms with Crippen LogP contribution in [0.1, 0.15) is 11.1 Å². The van der Waals surface area contributed by atoms with E-state index in [0.29, 0.717) is 17.1 Å². The number of hydrogen-bond acceptors (Lipinski definition) is 3. The molecule has 0 aliphatic rings. The van der Waals surface area contributed by atoms with Gasteiger partial charge in [-0.05, 0) is 41.5 Å². The predicted molar refractivity (Wildman–Crippen MR) is 82.1 cm³/mol. The minimum absolute atomic E-state index is 0.195. The van der Waals surface area contributed by atoms with E-state index in [1.165, 1.54) is 18.2 Å². The molecule has 0 spiro atoms. The molecule has 0 aromatic heterocycles. The van der Waals surface area contributed by atoms with Crippen molar-refractivity contribution in [3.8, 4) is 11.5 Å². The van der Waals surface area contributed by atoms with Gasteiger partial charge in [-0.15, -0.1) is 0 Å². The Morgan fingerprint density at radius 1 is 1.10 bits per heavy atom. The zero-order valence-corrected chi connectivity index (χ0v) is 11.8. The first-order valence-electron chi connectivity index (χ1n) is 6.27. The highest BCUT2D eigenvalue weighted by molar-refractivity contribution is 6.30. The first-order valence-corrected chi connectivity index (χ1v) is 6.65. The Kier molecular flexibility index (Phi) is 4.85. The van der Waals surface area contributed by atoms with Crippen LogP contribution in [0.2, 0.25) is 5.02 Å². The summed E-state index contributed by atoms with van der Waals surface area (Å²) in [6, 6.07) is 11.5. The van der Waals surface area contributed by atoms with Gasteiger partial charge in [0.25, 0.3) is 0 Å². The van der Waals surface area contributed by atoms with Crippen molar-refractivity contribution in [2.75, 3.05) is 0 Å². The minimum atomic E-state index is -0.252. The number of carbonyl (C=O) groups excluding carboxylic acids is 1. The summed E-state index contributed by atoms with van der Waals surface area (Å²) in [6.07, 6.45) is 2.91. The molecule has 2 aromatic carbocycles. The Balaban J connectivity index is 1.90. The number of benzene rings is 2. The van der Waals surface area contributed by atoms with Gasteiger partial charge < -0.3 is 15.5 Å². The summed E-state index contributed by atoms with van der Waals surface area (Å²) >= 11 is 5.78. The lowest BCUT2D eigenvalue weighted by Gasteiger charge is -2.03. The number of phenolic OH excluding ortho intramolecular Hbond substituents is 2. The molecule has 0 saturated heterocycles. The van der Waals surface area contributed by atoms with Crippen LogP contribution in [0.4, 0.5) is 0 Å². The fraction of sp³-hybridized carbons (Fsp3) is 0.0625. The number of rotatable bonds is 4. The summed E-state index contributed by atoms with van der Waals surface area (Å²) < 4.78 is 0. The Labute approximate surface area is 127 Å². The smallest absolute Gasteiger partial charge is 0.244 e. The van der Waals surface area contributed by atoms with E-state index in [-0.39, 0.29) is 17.4 Å². The topological polar surface area (TPSA) is 69.6 Å². The molecule has 0 atom stereocenters. The molecule has 108 valence electrons. The Bertz CT molecular complexity index is 666. The first-order chi connectivity index (χ1) is 10.0. The van der Waals surface area contributed by atoms with Crippen LogP contribution < -0.4 is 5.32 Å². The Morgan fingerprint density at radius 3 is 2.48 bits per heavy atom. The first kappa shape index (κ1) is 14.9. The van der Waals surface area contributed by atoms with Crippen LogP contribution in [0.15, 0.2) is 48.5 Å². The molecule has 0 unspecified atom stereocenters. The third kappa shape index (κ3) is 4.54. The Morgan fingerprint density at radius 2 is 1.81 bits per heavy atom. The second kappa shape index (κ2) is 6.81. The third-order valence-electron chi connectivity index (χ3n) is 2.81. The molecule has 0 heterocycles. The molecular weight excluding hydrogens is 290 g/mol. The summed E-state index contributed by atoms with van der Waals surface area (Å²) in [5, 5.41) is 21.9. The molecule has 1 amide bonds. The van der Waals surface area contributed by atoms with E-state index in [4.69, 9.17) is 11.6 Å². The third-order valence-corrected chi connectivity index (χ3v) is 3.06. The van der Waals surface area contributed by atoms with E-state index in [0.717, 1.165) is 5.56 Å². The van der Waals surface area contributed by atoms with Crippen LogP contribution in [0.5, 0.6) is 11.5 Å². The van der Waals surface area contributed by atoms with Gasteiger partial charge in [0.15, 0.2) is 11.5 Å². The van der Waals surface area contributed by atoms with Gasteiger partial charge in [0.05, 0.1) is 0 Å². The second-order valence-electron chi connectivity index (χ2n) is 4.43. The number of amides is 1. The van der Waals surface area contributed by atoms with Crippen molar-refractivity contribution in [3.05, 3.63) is 64.7 Å². The maximum absolute atomic E-state index is 11.7. The van der Waals surface area contributed by atoms with Gasteiger partial charge in [-0.2, -0.15) is 0 Å². The van der Waals surface area contributed by atoms with Crippen LogP contribution in [0.25, 0.3) is 6.08 Å². The van der Waals surface area contributed by atoms with Crippen LogP contribution in [0.3, 0.4) is 0 Å². The van der Waals surface area contributed by atoms with Crippen molar-refractivity contribution in [1.29, 1.82) is 0 Å². The largest absolute Gasteiger partial charge is 0.504 e. The molecule has 0 fully saturated rings. The number of aromatic hydroxyl groups is 2. The molecule has 0 aliphatic carbocycles. The molecule has 3 N–H and O–H groups in total. The summed E-state index contributed by atoms with van der Waals surface area (Å²) in [5.74, 6) is -0.671. The van der Waals surface area contributed by atoms with Crippen molar-refractivity contribution in [2.45, 2.75) is 6.54 Å². The van der Waals surface area contributed by atoms with Crippen molar-refractivity contribution >= 4 is 23.6 Å². The van der Waals surface area contributed by atoms with Crippen molar-refractivity contribution in [3.63, 3.8) is 0 Å².